The summed E-state index contributed by atoms with van der Waals surface area (Å²) in [6.07, 6.45) is -0.104. The fourth-order valence-corrected chi connectivity index (χ4v) is 4.56. The van der Waals surface area contributed by atoms with Crippen molar-refractivity contribution >= 4 is 27.0 Å². The van der Waals surface area contributed by atoms with Crippen molar-refractivity contribution in [3.63, 3.8) is 0 Å². The van der Waals surface area contributed by atoms with Crippen molar-refractivity contribution in [3.8, 4) is 17.2 Å². The van der Waals surface area contributed by atoms with Crippen molar-refractivity contribution < 1.29 is 22.7 Å². The number of nitriles is 1. The first-order valence-corrected chi connectivity index (χ1v) is 11.4. The summed E-state index contributed by atoms with van der Waals surface area (Å²) in [5.74, 6) is -0.538. The molecule has 1 amide bonds. The molecular formula is C23H23FN4O4S. The number of halogens is 1. The Bertz CT molecular complexity index is 1400. The molecule has 0 aliphatic heterocycles. The summed E-state index contributed by atoms with van der Waals surface area (Å²) in [7, 11) is -0.764. The van der Waals surface area contributed by atoms with Gasteiger partial charge in [0.25, 0.3) is 0 Å². The van der Waals surface area contributed by atoms with E-state index in [1.54, 1.807) is 47.9 Å². The van der Waals surface area contributed by atoms with Gasteiger partial charge in [-0.15, -0.1) is 0 Å². The average Bonchev–Trinajstić information content (AvgIpc) is 3.03. The Hall–Kier alpha value is -3.68. The average molecular weight is 471 g/mol. The maximum absolute atomic E-state index is 14.6. The number of rotatable bonds is 7. The van der Waals surface area contributed by atoms with Gasteiger partial charge in [-0.2, -0.15) is 5.26 Å². The fraction of sp³-hybridized carbons (Fsp3) is 0.217. The van der Waals surface area contributed by atoms with E-state index in [0.29, 0.717) is 33.3 Å². The summed E-state index contributed by atoms with van der Waals surface area (Å²) in [5, 5.41) is 20.8. The molecule has 0 bridgehead atoms. The third-order valence-corrected chi connectivity index (χ3v) is 7.05. The van der Waals surface area contributed by atoms with Gasteiger partial charge < -0.3 is 15.0 Å². The lowest BCUT2D eigenvalue weighted by atomic mass is 10.0. The molecule has 0 saturated heterocycles. The highest BCUT2D eigenvalue weighted by molar-refractivity contribution is 7.89. The van der Waals surface area contributed by atoms with Crippen LogP contribution in [0.5, 0.6) is 0 Å². The number of amides is 1. The number of fused-ring (bicyclic) bond motifs is 1. The molecule has 3 aromatic rings. The number of aromatic nitrogens is 1. The molecule has 2 N–H and O–H groups in total. The summed E-state index contributed by atoms with van der Waals surface area (Å²) in [6.45, 7) is 1.47. The number of hydrogen-bond acceptors (Lipinski definition) is 4. The second kappa shape index (κ2) is 9.44. The van der Waals surface area contributed by atoms with Crippen LogP contribution in [0.15, 0.2) is 59.3 Å². The Morgan fingerprint density at radius 3 is 2.64 bits per heavy atom. The summed E-state index contributed by atoms with van der Waals surface area (Å²) < 4.78 is 42.7. The molecule has 0 unspecified atom stereocenters. The molecule has 10 heteroatoms. The second-order valence-corrected chi connectivity index (χ2v) is 9.69. The third kappa shape index (κ3) is 4.89. The molecule has 0 saturated carbocycles. The molecule has 3 rings (SSSR count). The van der Waals surface area contributed by atoms with E-state index in [1.807, 2.05) is 0 Å². The number of carbonyl (C=O) groups is 1. The second-order valence-electron chi connectivity index (χ2n) is 7.54. The highest BCUT2D eigenvalue weighted by Crippen LogP contribution is 2.36. The van der Waals surface area contributed by atoms with Crippen molar-refractivity contribution in [2.75, 3.05) is 20.6 Å². The highest BCUT2D eigenvalue weighted by Gasteiger charge is 2.21. The van der Waals surface area contributed by atoms with Crippen molar-refractivity contribution in [1.82, 2.24) is 14.2 Å². The van der Waals surface area contributed by atoms with Crippen LogP contribution in [0.2, 0.25) is 0 Å². The smallest absolute Gasteiger partial charge is 0.404 e. The minimum atomic E-state index is -3.67. The van der Waals surface area contributed by atoms with Crippen LogP contribution in [0.4, 0.5) is 9.18 Å². The molecule has 0 aliphatic carbocycles. The van der Waals surface area contributed by atoms with Crippen molar-refractivity contribution in [1.29, 1.82) is 5.26 Å². The molecule has 0 spiro atoms. The van der Waals surface area contributed by atoms with Gasteiger partial charge in [-0.3, -0.25) is 0 Å². The Labute approximate surface area is 191 Å². The molecule has 0 aliphatic rings. The molecule has 1 heterocycles. The lowest BCUT2D eigenvalue weighted by Crippen LogP contribution is -2.22. The Morgan fingerprint density at radius 1 is 1.27 bits per heavy atom. The standard InChI is InChI=1S/C23H23FN4O4S/c1-15-22(17-5-4-6-19(12-17)33(31,32)27(2)3)20-11-16(13-25)7-8-21(20)28(15)14-18(24)9-10-26-23(29)30/h4-9,11-12,26H,10,14H2,1-3H3,(H,29,30)/b18-9-. The molecule has 0 atom stereocenters. The number of sulfonamides is 1. The largest absolute Gasteiger partial charge is 0.465 e. The van der Waals surface area contributed by atoms with Crippen LogP contribution in [-0.4, -0.2) is 49.1 Å². The van der Waals surface area contributed by atoms with E-state index in [-0.39, 0.29) is 18.0 Å². The van der Waals surface area contributed by atoms with Crippen molar-refractivity contribution in [2.45, 2.75) is 18.4 Å². The van der Waals surface area contributed by atoms with Crippen LogP contribution >= 0.6 is 0 Å². The van der Waals surface area contributed by atoms with Gasteiger partial charge >= 0.3 is 6.09 Å². The number of carboxylic acid groups (broad SMARTS) is 1. The van der Waals surface area contributed by atoms with Crippen LogP contribution in [0, 0.1) is 18.3 Å². The predicted molar refractivity (Wildman–Crippen MR) is 123 cm³/mol. The number of benzene rings is 2. The van der Waals surface area contributed by atoms with Gasteiger partial charge in [-0.1, -0.05) is 12.1 Å². The fourth-order valence-electron chi connectivity index (χ4n) is 3.61. The maximum atomic E-state index is 14.6. The van der Waals surface area contributed by atoms with Gasteiger partial charge in [-0.05, 0) is 48.9 Å². The normalized spacial score (nSPS) is 12.2. The van der Waals surface area contributed by atoms with Gasteiger partial charge in [0.15, 0.2) is 0 Å². The van der Waals surface area contributed by atoms with E-state index >= 15 is 0 Å². The maximum Gasteiger partial charge on any atom is 0.404 e. The molecule has 33 heavy (non-hydrogen) atoms. The number of nitrogens with zero attached hydrogens (tertiary/aromatic N) is 3. The molecular weight excluding hydrogens is 447 g/mol. The highest BCUT2D eigenvalue weighted by atomic mass is 32.2. The molecule has 172 valence electrons. The molecule has 0 fully saturated rings. The monoisotopic (exact) mass is 470 g/mol. The first-order valence-electron chi connectivity index (χ1n) is 9.93. The number of allylic oxidation sites excluding steroid dienone is 1. The van der Waals surface area contributed by atoms with Crippen LogP contribution in [0.25, 0.3) is 22.0 Å². The van der Waals surface area contributed by atoms with E-state index in [9.17, 15) is 22.9 Å². The van der Waals surface area contributed by atoms with E-state index in [4.69, 9.17) is 5.11 Å². The quantitative estimate of drug-likeness (QED) is 0.544. The Kier molecular flexibility index (Phi) is 6.86. The van der Waals surface area contributed by atoms with Gasteiger partial charge in [0.2, 0.25) is 10.0 Å². The van der Waals surface area contributed by atoms with Crippen molar-refractivity contribution in [3.05, 3.63) is 65.6 Å². The summed E-state index contributed by atoms with van der Waals surface area (Å²) in [5.41, 5.74) is 3.06. The Balaban J connectivity index is 2.18. The summed E-state index contributed by atoms with van der Waals surface area (Å²) in [6, 6.07) is 13.6. The van der Waals surface area contributed by atoms with Gasteiger partial charge in [0.1, 0.15) is 5.83 Å². The van der Waals surface area contributed by atoms with Crippen LogP contribution in [-0.2, 0) is 16.6 Å². The Morgan fingerprint density at radius 2 is 2.00 bits per heavy atom. The zero-order valence-corrected chi connectivity index (χ0v) is 19.1. The van der Waals surface area contributed by atoms with E-state index in [0.717, 1.165) is 10.4 Å². The van der Waals surface area contributed by atoms with Crippen LogP contribution in [0.3, 0.4) is 0 Å². The molecule has 1 aromatic heterocycles. The molecule has 0 radical (unpaired) electrons. The van der Waals surface area contributed by atoms with Crippen LogP contribution in [0.1, 0.15) is 11.3 Å². The van der Waals surface area contributed by atoms with Crippen molar-refractivity contribution in [2.24, 2.45) is 0 Å². The lowest BCUT2D eigenvalue weighted by molar-refractivity contribution is 0.195. The first kappa shape index (κ1) is 24.0. The van der Waals surface area contributed by atoms with E-state index in [2.05, 4.69) is 11.4 Å². The minimum Gasteiger partial charge on any atom is -0.465 e. The van der Waals surface area contributed by atoms with E-state index < -0.39 is 21.9 Å². The predicted octanol–water partition coefficient (Wildman–Crippen LogP) is 3.86. The zero-order chi connectivity index (χ0) is 24.3. The lowest BCUT2D eigenvalue weighted by Gasteiger charge is -2.13. The molecule has 8 nitrogen and oxygen atoms in total. The third-order valence-electron chi connectivity index (χ3n) is 5.24. The zero-order valence-electron chi connectivity index (χ0n) is 18.3. The van der Waals surface area contributed by atoms with Gasteiger partial charge in [0, 0.05) is 42.8 Å². The number of hydrogen-bond donors (Lipinski definition) is 2. The molecule has 2 aromatic carbocycles. The van der Waals surface area contributed by atoms with E-state index in [1.165, 1.54) is 20.2 Å². The SMILES string of the molecule is Cc1c(-c2cccc(S(=O)(=O)N(C)C)c2)c2cc(C#N)ccc2n1C/C(F)=C/CNC(=O)O. The van der Waals surface area contributed by atoms with Gasteiger partial charge in [-0.25, -0.2) is 21.9 Å². The number of nitrogens with one attached hydrogen (secondary N) is 1. The van der Waals surface area contributed by atoms with Gasteiger partial charge in [0.05, 0.1) is 23.1 Å². The topological polar surface area (TPSA) is 115 Å². The van der Waals surface area contributed by atoms with Crippen LogP contribution < -0.4 is 5.32 Å². The summed E-state index contributed by atoms with van der Waals surface area (Å²) >= 11 is 0. The summed E-state index contributed by atoms with van der Waals surface area (Å²) in [4.78, 5) is 10.7. The first-order chi connectivity index (χ1) is 15.6. The minimum absolute atomic E-state index is 0.118.